The molecule has 0 aromatic heterocycles. The van der Waals surface area contributed by atoms with E-state index in [2.05, 4.69) is 67.8 Å². The second-order valence-electron chi connectivity index (χ2n) is 5.48. The molecule has 1 nitrogen and oxygen atoms in total. The zero-order chi connectivity index (χ0) is 13.5. The molecule has 0 aromatic rings. The third kappa shape index (κ3) is 4.68. The maximum atomic E-state index is 3.70. The fourth-order valence-electron chi connectivity index (χ4n) is 2.67. The molecule has 0 aliphatic heterocycles. The lowest BCUT2D eigenvalue weighted by Crippen LogP contribution is -2.35. The van der Waals surface area contributed by atoms with Gasteiger partial charge in [0.25, 0.3) is 0 Å². The standard InChI is InChI=1S/C18H25N/c1-15(14-17-10-6-3-4-7-11-17)19-16(2)18-12-8-5-9-13-18/h3-4,6,8,10-13,15-16,19H,5,7,9,14H2,1-2H3. The van der Waals surface area contributed by atoms with E-state index in [1.807, 2.05) is 0 Å². The summed E-state index contributed by atoms with van der Waals surface area (Å²) in [5.74, 6) is 0. The molecule has 0 radical (unpaired) electrons. The highest BCUT2D eigenvalue weighted by Crippen LogP contribution is 2.16. The third-order valence-electron chi connectivity index (χ3n) is 3.67. The highest BCUT2D eigenvalue weighted by atomic mass is 14.9. The van der Waals surface area contributed by atoms with Crippen LogP contribution in [0.2, 0.25) is 0 Å². The van der Waals surface area contributed by atoms with Crippen LogP contribution in [0, 0.1) is 0 Å². The summed E-state index contributed by atoms with van der Waals surface area (Å²) in [7, 11) is 0. The Morgan fingerprint density at radius 2 is 1.95 bits per heavy atom. The van der Waals surface area contributed by atoms with Crippen LogP contribution in [0.3, 0.4) is 0 Å². The van der Waals surface area contributed by atoms with Gasteiger partial charge in [0, 0.05) is 12.1 Å². The van der Waals surface area contributed by atoms with E-state index in [-0.39, 0.29) is 0 Å². The molecule has 2 unspecified atom stereocenters. The van der Waals surface area contributed by atoms with E-state index < -0.39 is 0 Å². The lowest BCUT2D eigenvalue weighted by molar-refractivity contribution is 0.504. The first-order valence-corrected chi connectivity index (χ1v) is 7.40. The normalized spacial score (nSPS) is 21.6. The molecule has 2 aliphatic rings. The molecule has 0 saturated carbocycles. The van der Waals surface area contributed by atoms with Crippen molar-refractivity contribution in [2.45, 2.75) is 51.6 Å². The van der Waals surface area contributed by atoms with Crippen molar-refractivity contribution >= 4 is 0 Å². The highest BCUT2D eigenvalue weighted by Gasteiger charge is 2.12. The van der Waals surface area contributed by atoms with Gasteiger partial charge in [-0.3, -0.25) is 0 Å². The Bertz CT molecular complexity index is 435. The van der Waals surface area contributed by atoms with Gasteiger partial charge in [0.2, 0.25) is 0 Å². The summed E-state index contributed by atoms with van der Waals surface area (Å²) < 4.78 is 0. The molecule has 0 fully saturated rings. The van der Waals surface area contributed by atoms with Crippen LogP contribution in [-0.2, 0) is 0 Å². The van der Waals surface area contributed by atoms with Gasteiger partial charge in [0.15, 0.2) is 0 Å². The van der Waals surface area contributed by atoms with Crippen molar-refractivity contribution in [1.82, 2.24) is 5.32 Å². The van der Waals surface area contributed by atoms with Gasteiger partial charge in [-0.1, -0.05) is 54.2 Å². The molecule has 0 heterocycles. The van der Waals surface area contributed by atoms with E-state index in [1.165, 1.54) is 24.0 Å². The van der Waals surface area contributed by atoms with Crippen LogP contribution < -0.4 is 5.32 Å². The molecular weight excluding hydrogens is 230 g/mol. The molecule has 0 bridgehead atoms. The largest absolute Gasteiger partial charge is 0.307 e. The quantitative estimate of drug-likeness (QED) is 0.764. The second kappa shape index (κ2) is 7.30. The summed E-state index contributed by atoms with van der Waals surface area (Å²) >= 11 is 0. The maximum absolute atomic E-state index is 3.70. The third-order valence-corrected chi connectivity index (χ3v) is 3.67. The molecule has 1 N–H and O–H groups in total. The topological polar surface area (TPSA) is 12.0 Å². The minimum atomic E-state index is 0.444. The van der Waals surface area contributed by atoms with E-state index >= 15 is 0 Å². The summed E-state index contributed by atoms with van der Waals surface area (Å²) in [4.78, 5) is 0. The number of rotatable bonds is 5. The molecular formula is C18H25N. The van der Waals surface area contributed by atoms with Gasteiger partial charge in [-0.05, 0) is 45.1 Å². The Morgan fingerprint density at radius 1 is 1.05 bits per heavy atom. The summed E-state index contributed by atoms with van der Waals surface area (Å²) in [5.41, 5.74) is 2.87. The van der Waals surface area contributed by atoms with Gasteiger partial charge in [-0.2, -0.15) is 0 Å². The highest BCUT2D eigenvalue weighted by molar-refractivity contribution is 5.29. The number of hydrogen-bond donors (Lipinski definition) is 1. The molecule has 102 valence electrons. The van der Waals surface area contributed by atoms with Crippen LogP contribution in [0.5, 0.6) is 0 Å². The van der Waals surface area contributed by atoms with Gasteiger partial charge in [-0.25, -0.2) is 0 Å². The van der Waals surface area contributed by atoms with Crippen LogP contribution in [0.1, 0.15) is 39.5 Å². The predicted octanol–water partition coefficient (Wildman–Crippen LogP) is 4.46. The van der Waals surface area contributed by atoms with E-state index in [9.17, 15) is 0 Å². The average molecular weight is 255 g/mol. The van der Waals surface area contributed by atoms with Crippen molar-refractivity contribution in [3.8, 4) is 0 Å². The molecule has 2 atom stereocenters. The number of nitrogens with one attached hydrogen (secondary N) is 1. The van der Waals surface area contributed by atoms with Crippen molar-refractivity contribution in [2.24, 2.45) is 0 Å². The minimum Gasteiger partial charge on any atom is -0.307 e. The molecule has 0 aromatic carbocycles. The number of allylic oxidation sites excluding steroid dienone is 7. The van der Waals surface area contributed by atoms with Gasteiger partial charge < -0.3 is 5.32 Å². The lowest BCUT2D eigenvalue weighted by atomic mass is 9.99. The summed E-state index contributed by atoms with van der Waals surface area (Å²) in [6.45, 7) is 4.54. The van der Waals surface area contributed by atoms with Crippen LogP contribution in [0.4, 0.5) is 0 Å². The first kappa shape index (κ1) is 14.1. The zero-order valence-corrected chi connectivity index (χ0v) is 12.1. The summed E-state index contributed by atoms with van der Waals surface area (Å²) in [5, 5.41) is 3.70. The molecule has 2 rings (SSSR count). The van der Waals surface area contributed by atoms with Crippen molar-refractivity contribution in [3.05, 3.63) is 59.8 Å². The van der Waals surface area contributed by atoms with Crippen molar-refractivity contribution in [3.63, 3.8) is 0 Å². The monoisotopic (exact) mass is 255 g/mol. The molecule has 0 spiro atoms. The van der Waals surface area contributed by atoms with Gasteiger partial charge in [0.1, 0.15) is 0 Å². The minimum absolute atomic E-state index is 0.444. The van der Waals surface area contributed by atoms with E-state index in [0.29, 0.717) is 12.1 Å². The zero-order valence-electron chi connectivity index (χ0n) is 12.1. The van der Waals surface area contributed by atoms with Crippen LogP contribution in [-0.4, -0.2) is 12.1 Å². The van der Waals surface area contributed by atoms with Crippen molar-refractivity contribution in [2.75, 3.05) is 0 Å². The Balaban J connectivity index is 1.83. The van der Waals surface area contributed by atoms with Crippen molar-refractivity contribution < 1.29 is 0 Å². The Morgan fingerprint density at radius 3 is 2.74 bits per heavy atom. The Labute approximate surface area is 117 Å². The smallest absolute Gasteiger partial charge is 0.0291 e. The van der Waals surface area contributed by atoms with Crippen LogP contribution >= 0.6 is 0 Å². The SMILES string of the molecule is CC(CC1=CCC=CC=C1)NC(C)C1=CCCC=C1. The molecule has 0 amide bonds. The first-order chi connectivity index (χ1) is 9.25. The van der Waals surface area contributed by atoms with E-state index in [1.54, 1.807) is 0 Å². The van der Waals surface area contributed by atoms with Crippen LogP contribution in [0.15, 0.2) is 59.8 Å². The van der Waals surface area contributed by atoms with E-state index in [0.717, 1.165) is 12.8 Å². The fraction of sp³-hybridized carbons (Fsp3) is 0.444. The second-order valence-corrected chi connectivity index (χ2v) is 5.48. The van der Waals surface area contributed by atoms with Crippen molar-refractivity contribution in [1.29, 1.82) is 0 Å². The molecule has 0 saturated heterocycles. The van der Waals surface area contributed by atoms with Gasteiger partial charge >= 0.3 is 0 Å². The maximum Gasteiger partial charge on any atom is 0.0291 e. The van der Waals surface area contributed by atoms with Gasteiger partial charge in [-0.15, -0.1) is 0 Å². The van der Waals surface area contributed by atoms with Crippen LogP contribution in [0.25, 0.3) is 0 Å². The first-order valence-electron chi connectivity index (χ1n) is 7.40. The molecule has 2 aliphatic carbocycles. The fourth-order valence-corrected chi connectivity index (χ4v) is 2.67. The average Bonchev–Trinajstić information content (AvgIpc) is 2.68. The Hall–Kier alpha value is -1.34. The van der Waals surface area contributed by atoms with Gasteiger partial charge in [0.05, 0.1) is 0 Å². The lowest BCUT2D eigenvalue weighted by Gasteiger charge is -2.22. The Kier molecular flexibility index (Phi) is 5.41. The molecule has 1 heteroatoms. The number of hydrogen-bond acceptors (Lipinski definition) is 1. The summed E-state index contributed by atoms with van der Waals surface area (Å²) in [6.07, 6.45) is 22.4. The predicted molar refractivity (Wildman–Crippen MR) is 84.1 cm³/mol. The molecule has 19 heavy (non-hydrogen) atoms. The van der Waals surface area contributed by atoms with E-state index in [4.69, 9.17) is 0 Å². The summed E-state index contributed by atoms with van der Waals surface area (Å²) in [6, 6.07) is 0.945.